The molecule has 0 aliphatic carbocycles. The van der Waals surface area contributed by atoms with E-state index in [1.165, 1.54) is 17.0 Å². The van der Waals surface area contributed by atoms with Crippen LogP contribution in [0, 0.1) is 6.92 Å². The Hall–Kier alpha value is -3.92. The van der Waals surface area contributed by atoms with Crippen molar-refractivity contribution >= 4 is 35.1 Å². The minimum absolute atomic E-state index is 0.271. The first-order valence-corrected chi connectivity index (χ1v) is 10.7. The van der Waals surface area contributed by atoms with Gasteiger partial charge in [0.2, 0.25) is 5.91 Å². The van der Waals surface area contributed by atoms with Crippen molar-refractivity contribution in [1.82, 2.24) is 15.3 Å². The van der Waals surface area contributed by atoms with Crippen molar-refractivity contribution in [2.75, 3.05) is 36.5 Å². The van der Waals surface area contributed by atoms with E-state index in [2.05, 4.69) is 10.7 Å². The second kappa shape index (κ2) is 9.29. The Balaban J connectivity index is 1.41. The Morgan fingerprint density at radius 2 is 1.67 bits per heavy atom. The average Bonchev–Trinajstić information content (AvgIpc) is 3.22. The molecule has 0 radical (unpaired) electrons. The summed E-state index contributed by atoms with van der Waals surface area (Å²) in [5.41, 5.74) is 5.85. The second-order valence-electron chi connectivity index (χ2n) is 7.77. The second-order valence-corrected chi connectivity index (χ2v) is 7.77. The summed E-state index contributed by atoms with van der Waals surface area (Å²) in [6.07, 6.45) is -0.561. The Morgan fingerprint density at radius 3 is 2.33 bits per heavy atom. The number of hydrazine groups is 1. The summed E-state index contributed by atoms with van der Waals surface area (Å²) >= 11 is 0. The van der Waals surface area contributed by atoms with Gasteiger partial charge in [-0.2, -0.15) is 5.43 Å². The number of benzene rings is 2. The monoisotopic (exact) mass is 451 g/mol. The quantitative estimate of drug-likeness (QED) is 0.500. The summed E-state index contributed by atoms with van der Waals surface area (Å²) in [7, 11) is 0. The van der Waals surface area contributed by atoms with Crippen LogP contribution in [0.3, 0.4) is 0 Å². The van der Waals surface area contributed by atoms with Gasteiger partial charge in [-0.3, -0.25) is 24.3 Å². The summed E-state index contributed by atoms with van der Waals surface area (Å²) in [6, 6.07) is 14.1. The Bertz CT molecular complexity index is 1070. The van der Waals surface area contributed by atoms with Gasteiger partial charge in [0.25, 0.3) is 0 Å². The van der Waals surface area contributed by atoms with Crippen molar-refractivity contribution in [2.45, 2.75) is 20.1 Å². The molecule has 10 heteroatoms. The van der Waals surface area contributed by atoms with Gasteiger partial charge in [-0.05, 0) is 50.2 Å². The third kappa shape index (κ3) is 4.65. The highest BCUT2D eigenvalue weighted by Gasteiger charge is 2.45. The molecule has 172 valence electrons. The smallest absolute Gasteiger partial charge is 0.338 e. The lowest BCUT2D eigenvalue weighted by Crippen LogP contribution is -2.68. The fourth-order valence-corrected chi connectivity index (χ4v) is 3.79. The predicted octanol–water partition coefficient (Wildman–Crippen LogP) is 1.09. The summed E-state index contributed by atoms with van der Waals surface area (Å²) in [5.74, 6) is -2.37. The number of amides is 3. The standard InChI is InChI=1S/C23H25N5O5/c1-3-33-22(32)16-6-8-17(9-7-16)24-19(29)14-28-21(31)20(30)27-13-12-26(23(27)25-28)18-10-4-15(2)5-11-18/h4-11,23,25H,3,12-14H2,1-2H3,(H,24,29). The third-order valence-electron chi connectivity index (χ3n) is 5.48. The lowest BCUT2D eigenvalue weighted by molar-refractivity contribution is -0.163. The number of carbonyl (C=O) groups is 4. The number of anilines is 2. The molecule has 2 aromatic carbocycles. The number of rotatable bonds is 6. The third-order valence-corrected chi connectivity index (χ3v) is 5.48. The molecule has 33 heavy (non-hydrogen) atoms. The number of ether oxygens (including phenoxy) is 1. The molecule has 0 saturated carbocycles. The molecular weight excluding hydrogens is 426 g/mol. The summed E-state index contributed by atoms with van der Waals surface area (Å²) in [5, 5.41) is 3.71. The zero-order chi connectivity index (χ0) is 23.5. The molecule has 2 aliphatic rings. The van der Waals surface area contributed by atoms with E-state index in [9.17, 15) is 19.2 Å². The topological polar surface area (TPSA) is 111 Å². The van der Waals surface area contributed by atoms with Crippen molar-refractivity contribution in [3.8, 4) is 0 Å². The minimum Gasteiger partial charge on any atom is -0.462 e. The SMILES string of the molecule is CCOC(=O)c1ccc(NC(=O)CN2NC3N(CCN3c3ccc(C)cc3)C(=O)C2=O)cc1. The highest BCUT2D eigenvalue weighted by molar-refractivity contribution is 6.35. The molecule has 2 saturated heterocycles. The van der Waals surface area contributed by atoms with Crippen LogP contribution in [0.5, 0.6) is 0 Å². The number of hydrogen-bond donors (Lipinski definition) is 2. The van der Waals surface area contributed by atoms with Crippen LogP contribution in [0.15, 0.2) is 48.5 Å². The van der Waals surface area contributed by atoms with Gasteiger partial charge in [0.1, 0.15) is 6.54 Å². The molecule has 2 fully saturated rings. The molecule has 2 aromatic rings. The van der Waals surface area contributed by atoms with E-state index >= 15 is 0 Å². The van der Waals surface area contributed by atoms with Crippen LogP contribution >= 0.6 is 0 Å². The number of carbonyl (C=O) groups excluding carboxylic acids is 4. The van der Waals surface area contributed by atoms with Crippen LogP contribution in [-0.2, 0) is 19.1 Å². The van der Waals surface area contributed by atoms with Crippen LogP contribution in [0.25, 0.3) is 0 Å². The molecule has 2 aliphatic heterocycles. The molecule has 3 amide bonds. The average molecular weight is 451 g/mol. The summed E-state index contributed by atoms with van der Waals surface area (Å²) in [6.45, 7) is 4.60. The summed E-state index contributed by atoms with van der Waals surface area (Å²) < 4.78 is 4.93. The molecule has 0 aromatic heterocycles. The molecule has 10 nitrogen and oxygen atoms in total. The predicted molar refractivity (Wildman–Crippen MR) is 120 cm³/mol. The van der Waals surface area contributed by atoms with Crippen LogP contribution in [0.4, 0.5) is 11.4 Å². The van der Waals surface area contributed by atoms with Gasteiger partial charge < -0.3 is 15.0 Å². The van der Waals surface area contributed by atoms with Crippen molar-refractivity contribution in [3.05, 3.63) is 59.7 Å². The number of nitrogens with zero attached hydrogens (tertiary/aromatic N) is 3. The van der Waals surface area contributed by atoms with E-state index in [-0.39, 0.29) is 13.2 Å². The molecule has 1 atom stereocenters. The molecule has 0 spiro atoms. The first kappa shape index (κ1) is 22.3. The number of nitrogens with one attached hydrogen (secondary N) is 2. The van der Waals surface area contributed by atoms with Gasteiger partial charge in [-0.25, -0.2) is 4.79 Å². The zero-order valence-electron chi connectivity index (χ0n) is 18.4. The fraction of sp³-hybridized carbons (Fsp3) is 0.304. The van der Waals surface area contributed by atoms with Crippen LogP contribution in [0.2, 0.25) is 0 Å². The van der Waals surface area contributed by atoms with Crippen molar-refractivity contribution in [1.29, 1.82) is 0 Å². The molecule has 1 unspecified atom stereocenters. The number of aryl methyl sites for hydroxylation is 1. The van der Waals surface area contributed by atoms with E-state index < -0.39 is 30.0 Å². The molecular formula is C23H25N5O5. The van der Waals surface area contributed by atoms with Gasteiger partial charge in [0, 0.05) is 24.5 Å². The van der Waals surface area contributed by atoms with Crippen LogP contribution in [0.1, 0.15) is 22.8 Å². The number of hydrogen-bond acceptors (Lipinski definition) is 7. The Morgan fingerprint density at radius 1 is 1.00 bits per heavy atom. The van der Waals surface area contributed by atoms with Gasteiger partial charge in [0.05, 0.1) is 12.2 Å². The highest BCUT2D eigenvalue weighted by Crippen LogP contribution is 2.25. The maximum absolute atomic E-state index is 12.6. The molecule has 4 rings (SSSR count). The van der Waals surface area contributed by atoms with E-state index in [1.807, 2.05) is 36.1 Å². The highest BCUT2D eigenvalue weighted by atomic mass is 16.5. The van der Waals surface area contributed by atoms with Crippen LogP contribution < -0.4 is 15.6 Å². The lowest BCUT2D eigenvalue weighted by Gasteiger charge is -2.40. The van der Waals surface area contributed by atoms with E-state index in [0.717, 1.165) is 16.3 Å². The zero-order valence-corrected chi connectivity index (χ0v) is 18.4. The maximum atomic E-state index is 12.6. The van der Waals surface area contributed by atoms with Crippen molar-refractivity contribution in [3.63, 3.8) is 0 Å². The number of esters is 1. The van der Waals surface area contributed by atoms with Gasteiger partial charge in [0.15, 0.2) is 6.29 Å². The maximum Gasteiger partial charge on any atom is 0.338 e. The van der Waals surface area contributed by atoms with E-state index in [4.69, 9.17) is 4.74 Å². The normalized spacial score (nSPS) is 17.8. The minimum atomic E-state index is -0.787. The lowest BCUT2D eigenvalue weighted by atomic mass is 10.2. The van der Waals surface area contributed by atoms with E-state index in [1.54, 1.807) is 19.1 Å². The Labute approximate surface area is 191 Å². The molecule has 2 N–H and O–H groups in total. The molecule has 2 heterocycles. The first-order valence-electron chi connectivity index (χ1n) is 10.7. The van der Waals surface area contributed by atoms with Crippen molar-refractivity contribution < 1.29 is 23.9 Å². The van der Waals surface area contributed by atoms with E-state index in [0.29, 0.717) is 24.3 Å². The number of fused-ring (bicyclic) bond motifs is 1. The molecule has 0 bridgehead atoms. The van der Waals surface area contributed by atoms with Crippen LogP contribution in [-0.4, -0.2) is 66.1 Å². The van der Waals surface area contributed by atoms with Gasteiger partial charge >= 0.3 is 17.8 Å². The fourth-order valence-electron chi connectivity index (χ4n) is 3.79. The van der Waals surface area contributed by atoms with Gasteiger partial charge in [-0.1, -0.05) is 17.7 Å². The van der Waals surface area contributed by atoms with Crippen molar-refractivity contribution in [2.24, 2.45) is 0 Å². The summed E-state index contributed by atoms with van der Waals surface area (Å²) in [4.78, 5) is 52.9. The Kier molecular flexibility index (Phi) is 6.27. The van der Waals surface area contributed by atoms with Gasteiger partial charge in [-0.15, -0.1) is 0 Å². The first-order chi connectivity index (χ1) is 15.9. The largest absolute Gasteiger partial charge is 0.462 e.